The average Bonchev–Trinajstić information content (AvgIpc) is 2.89. The van der Waals surface area contributed by atoms with Crippen LogP contribution in [0.2, 0.25) is 0 Å². The Morgan fingerprint density at radius 1 is 0.941 bits per heavy atom. The second-order valence-electron chi connectivity index (χ2n) is 10.7. The standard InChI is InChI=1S/C30H42F2O2/c1-3-4-5-6-7-21-8-10-24(11-9-21)27-18-16-25(20-34-27)22-12-14-23(15-13-22)26-17-19-28(33-2)30(32)29(26)31/h5-6,14,17,19,21-22,24-25,27H,3-4,7-13,15-16,18,20H2,1-2H3/b6-5-. The number of hydrogen-bond donors (Lipinski definition) is 0. The number of halogens is 2. The Balaban J connectivity index is 1.22. The molecular weight excluding hydrogens is 430 g/mol. The molecule has 188 valence electrons. The number of unbranched alkanes of at least 4 members (excludes halogenated alkanes) is 1. The lowest BCUT2D eigenvalue weighted by Gasteiger charge is -2.40. The molecule has 3 aliphatic rings. The SMILES string of the molecule is CCC/C=C\CC1CCC(C2CCC(C3CC=C(c4ccc(OC)c(F)c4F)CC3)CO2)CC1. The van der Waals surface area contributed by atoms with Gasteiger partial charge in [-0.2, -0.15) is 4.39 Å². The highest BCUT2D eigenvalue weighted by Gasteiger charge is 2.34. The van der Waals surface area contributed by atoms with E-state index in [-0.39, 0.29) is 5.75 Å². The van der Waals surface area contributed by atoms with Crippen molar-refractivity contribution in [2.45, 2.75) is 90.1 Å². The molecule has 0 spiro atoms. The van der Waals surface area contributed by atoms with E-state index in [4.69, 9.17) is 9.47 Å². The minimum absolute atomic E-state index is 0.0401. The first kappa shape index (κ1) is 25.4. The third-order valence-electron chi connectivity index (χ3n) is 8.59. The fraction of sp³-hybridized carbons (Fsp3) is 0.667. The van der Waals surface area contributed by atoms with E-state index in [1.807, 2.05) is 0 Å². The van der Waals surface area contributed by atoms with Crippen molar-refractivity contribution in [1.82, 2.24) is 0 Å². The maximum atomic E-state index is 14.5. The maximum Gasteiger partial charge on any atom is 0.201 e. The quantitative estimate of drug-likeness (QED) is 0.353. The zero-order valence-corrected chi connectivity index (χ0v) is 21.0. The molecule has 1 saturated carbocycles. The minimum atomic E-state index is -0.892. The van der Waals surface area contributed by atoms with Gasteiger partial charge in [0.25, 0.3) is 0 Å². The number of allylic oxidation sites excluding steroid dienone is 4. The van der Waals surface area contributed by atoms with E-state index < -0.39 is 11.6 Å². The van der Waals surface area contributed by atoms with Crippen LogP contribution in [0.3, 0.4) is 0 Å². The van der Waals surface area contributed by atoms with Gasteiger partial charge in [-0.05, 0) is 112 Å². The van der Waals surface area contributed by atoms with Crippen molar-refractivity contribution in [1.29, 1.82) is 0 Å². The summed E-state index contributed by atoms with van der Waals surface area (Å²) in [6.07, 6.45) is 21.5. The van der Waals surface area contributed by atoms with Gasteiger partial charge in [-0.3, -0.25) is 0 Å². The summed E-state index contributed by atoms with van der Waals surface area (Å²) in [5, 5.41) is 0. The Bertz CT molecular complexity index is 846. The lowest BCUT2D eigenvalue weighted by molar-refractivity contribution is -0.0701. The lowest BCUT2D eigenvalue weighted by atomic mass is 9.73. The molecular formula is C30H42F2O2. The summed E-state index contributed by atoms with van der Waals surface area (Å²) in [7, 11) is 1.36. The Morgan fingerprint density at radius 2 is 1.74 bits per heavy atom. The van der Waals surface area contributed by atoms with Gasteiger partial charge in [0.15, 0.2) is 11.6 Å². The monoisotopic (exact) mass is 472 g/mol. The number of ether oxygens (including phenoxy) is 2. The van der Waals surface area contributed by atoms with Gasteiger partial charge in [0.1, 0.15) is 0 Å². The molecule has 0 N–H and O–H groups in total. The summed E-state index contributed by atoms with van der Waals surface area (Å²) >= 11 is 0. The van der Waals surface area contributed by atoms with Crippen molar-refractivity contribution in [3.05, 3.63) is 47.6 Å². The summed E-state index contributed by atoms with van der Waals surface area (Å²) in [6, 6.07) is 3.17. The van der Waals surface area contributed by atoms with Gasteiger partial charge in [0.05, 0.1) is 19.8 Å². The first-order valence-corrected chi connectivity index (χ1v) is 13.6. The molecule has 2 nitrogen and oxygen atoms in total. The third kappa shape index (κ3) is 6.11. The Labute approximate surface area is 204 Å². The topological polar surface area (TPSA) is 18.5 Å². The van der Waals surface area contributed by atoms with Crippen molar-refractivity contribution in [3.8, 4) is 5.75 Å². The number of rotatable bonds is 8. The average molecular weight is 473 g/mol. The minimum Gasteiger partial charge on any atom is -0.494 e. The van der Waals surface area contributed by atoms with Crippen LogP contribution < -0.4 is 4.74 Å². The van der Waals surface area contributed by atoms with Gasteiger partial charge in [-0.15, -0.1) is 0 Å². The van der Waals surface area contributed by atoms with Crippen LogP contribution in [0.15, 0.2) is 30.4 Å². The summed E-state index contributed by atoms with van der Waals surface area (Å²) in [4.78, 5) is 0. The molecule has 4 heteroatoms. The summed E-state index contributed by atoms with van der Waals surface area (Å²) in [6.45, 7) is 3.10. The van der Waals surface area contributed by atoms with Crippen molar-refractivity contribution >= 4 is 5.57 Å². The molecule has 2 fully saturated rings. The zero-order valence-electron chi connectivity index (χ0n) is 21.0. The highest BCUT2D eigenvalue weighted by molar-refractivity contribution is 5.67. The van der Waals surface area contributed by atoms with Crippen LogP contribution in [-0.2, 0) is 4.74 Å². The fourth-order valence-electron chi connectivity index (χ4n) is 6.37. The highest BCUT2D eigenvalue weighted by atomic mass is 19.2. The molecule has 1 saturated heterocycles. The molecule has 1 heterocycles. The Morgan fingerprint density at radius 3 is 2.38 bits per heavy atom. The highest BCUT2D eigenvalue weighted by Crippen LogP contribution is 2.42. The van der Waals surface area contributed by atoms with Crippen molar-refractivity contribution < 1.29 is 18.3 Å². The number of methoxy groups -OCH3 is 1. The van der Waals surface area contributed by atoms with Crippen molar-refractivity contribution in [3.63, 3.8) is 0 Å². The van der Waals surface area contributed by atoms with Crippen LogP contribution in [0.5, 0.6) is 5.75 Å². The molecule has 2 aliphatic carbocycles. The van der Waals surface area contributed by atoms with Crippen LogP contribution in [0.25, 0.3) is 5.57 Å². The largest absolute Gasteiger partial charge is 0.494 e. The maximum absolute atomic E-state index is 14.5. The van der Waals surface area contributed by atoms with Crippen LogP contribution >= 0.6 is 0 Å². The predicted molar refractivity (Wildman–Crippen MR) is 135 cm³/mol. The van der Waals surface area contributed by atoms with Crippen LogP contribution in [0.1, 0.15) is 89.5 Å². The van der Waals surface area contributed by atoms with E-state index in [2.05, 4.69) is 25.2 Å². The van der Waals surface area contributed by atoms with Gasteiger partial charge in [0.2, 0.25) is 5.82 Å². The van der Waals surface area contributed by atoms with E-state index in [0.29, 0.717) is 23.5 Å². The second-order valence-corrected chi connectivity index (χ2v) is 10.7. The van der Waals surface area contributed by atoms with Gasteiger partial charge < -0.3 is 9.47 Å². The molecule has 34 heavy (non-hydrogen) atoms. The van der Waals surface area contributed by atoms with E-state index in [1.165, 1.54) is 71.0 Å². The molecule has 3 unspecified atom stereocenters. The molecule has 1 aromatic carbocycles. The smallest absolute Gasteiger partial charge is 0.201 e. The molecule has 3 atom stereocenters. The van der Waals surface area contributed by atoms with Crippen LogP contribution in [0, 0.1) is 35.3 Å². The molecule has 0 aromatic heterocycles. The van der Waals surface area contributed by atoms with E-state index >= 15 is 0 Å². The molecule has 0 radical (unpaired) electrons. The van der Waals surface area contributed by atoms with Gasteiger partial charge in [-0.1, -0.05) is 31.6 Å². The number of benzene rings is 1. The van der Waals surface area contributed by atoms with E-state index in [9.17, 15) is 8.78 Å². The predicted octanol–water partition coefficient (Wildman–Crippen LogP) is 8.50. The first-order chi connectivity index (χ1) is 16.6. The molecule has 1 aliphatic heterocycles. The van der Waals surface area contributed by atoms with E-state index in [0.717, 1.165) is 43.3 Å². The first-order valence-electron chi connectivity index (χ1n) is 13.6. The lowest BCUT2D eigenvalue weighted by Crippen LogP contribution is -2.36. The van der Waals surface area contributed by atoms with Gasteiger partial charge >= 0.3 is 0 Å². The zero-order chi connectivity index (χ0) is 23.9. The Hall–Kier alpha value is -1.68. The normalized spacial score (nSPS) is 30.4. The van der Waals surface area contributed by atoms with Crippen LogP contribution in [-0.4, -0.2) is 19.8 Å². The summed E-state index contributed by atoms with van der Waals surface area (Å²) in [5.74, 6) is 1.06. The Kier molecular flexibility index (Phi) is 9.22. The fourth-order valence-corrected chi connectivity index (χ4v) is 6.37. The molecule has 0 bridgehead atoms. The number of hydrogen-bond acceptors (Lipinski definition) is 2. The van der Waals surface area contributed by atoms with Crippen molar-refractivity contribution in [2.75, 3.05) is 13.7 Å². The third-order valence-corrected chi connectivity index (χ3v) is 8.59. The molecule has 0 amide bonds. The summed E-state index contributed by atoms with van der Waals surface area (Å²) < 4.78 is 40.0. The van der Waals surface area contributed by atoms with Gasteiger partial charge in [-0.25, -0.2) is 4.39 Å². The molecule has 1 aromatic rings. The summed E-state index contributed by atoms with van der Waals surface area (Å²) in [5.41, 5.74) is 1.30. The molecule has 4 rings (SSSR count). The van der Waals surface area contributed by atoms with Crippen molar-refractivity contribution in [2.24, 2.45) is 23.7 Å². The second kappa shape index (κ2) is 12.3. The van der Waals surface area contributed by atoms with Crippen LogP contribution in [0.4, 0.5) is 8.78 Å². The van der Waals surface area contributed by atoms with E-state index in [1.54, 1.807) is 6.07 Å². The van der Waals surface area contributed by atoms with Gasteiger partial charge in [0, 0.05) is 5.56 Å².